The molecule has 2 aromatic carbocycles. The fourth-order valence-electron chi connectivity index (χ4n) is 3.29. The number of pyridine rings is 1. The van der Waals surface area contributed by atoms with Gasteiger partial charge >= 0.3 is 5.97 Å². The summed E-state index contributed by atoms with van der Waals surface area (Å²) in [5.41, 5.74) is 4.67. The Morgan fingerprint density at radius 2 is 2.00 bits per heavy atom. The highest BCUT2D eigenvalue weighted by Gasteiger charge is 2.13. The summed E-state index contributed by atoms with van der Waals surface area (Å²) in [5.74, 6) is -0.0586. The maximum Gasteiger partial charge on any atom is 0.303 e. The van der Waals surface area contributed by atoms with Gasteiger partial charge in [0.2, 0.25) is 0 Å². The molecular weight excluding hydrogens is 374 g/mol. The van der Waals surface area contributed by atoms with E-state index in [9.17, 15) is 4.79 Å². The second-order valence-electron chi connectivity index (χ2n) is 6.63. The monoisotopic (exact) mass is 391 g/mol. The molecule has 0 saturated carbocycles. The summed E-state index contributed by atoms with van der Waals surface area (Å²) >= 11 is 6.51. The van der Waals surface area contributed by atoms with Crippen LogP contribution in [0.5, 0.6) is 0 Å². The van der Waals surface area contributed by atoms with E-state index in [1.54, 1.807) is 6.20 Å². The van der Waals surface area contributed by atoms with Crippen molar-refractivity contribution in [3.63, 3.8) is 0 Å². The Morgan fingerprint density at radius 3 is 2.71 bits per heavy atom. The first-order valence-corrected chi connectivity index (χ1v) is 9.32. The third kappa shape index (κ3) is 3.49. The summed E-state index contributed by atoms with van der Waals surface area (Å²) in [4.78, 5) is 15.2. The van der Waals surface area contributed by atoms with Crippen LogP contribution in [0.25, 0.3) is 27.8 Å². The number of benzene rings is 2. The molecule has 6 heteroatoms. The molecule has 140 valence electrons. The molecule has 0 fully saturated rings. The minimum Gasteiger partial charge on any atom is -0.481 e. The fourth-order valence-corrected chi connectivity index (χ4v) is 3.60. The lowest BCUT2D eigenvalue weighted by molar-refractivity contribution is -0.136. The van der Waals surface area contributed by atoms with Crippen LogP contribution in [-0.2, 0) is 11.2 Å². The number of nitrogens with zero attached hydrogens (tertiary/aromatic N) is 3. The van der Waals surface area contributed by atoms with Gasteiger partial charge in [0.15, 0.2) is 5.82 Å². The zero-order chi connectivity index (χ0) is 19.7. The molecule has 0 unspecified atom stereocenters. The summed E-state index contributed by atoms with van der Waals surface area (Å²) in [6, 6.07) is 17.6. The topological polar surface area (TPSA) is 68.0 Å². The van der Waals surface area contributed by atoms with Crippen LogP contribution in [0, 0.1) is 6.92 Å². The van der Waals surface area contributed by atoms with E-state index in [0.717, 1.165) is 39.1 Å². The van der Waals surface area contributed by atoms with E-state index in [1.807, 2.05) is 60.1 Å². The summed E-state index contributed by atoms with van der Waals surface area (Å²) < 4.78 is 1.84. The second kappa shape index (κ2) is 7.44. The number of halogens is 1. The molecule has 2 aromatic heterocycles. The molecule has 1 N–H and O–H groups in total. The average molecular weight is 392 g/mol. The standard InChI is InChI=1S/C22H18ClN3O2/c1-14-17-9-7-16(13-20(17)26(25-14)21-4-2-3-11-24-21)18-8-5-15(12-19(18)23)6-10-22(27)28/h2-5,7-9,11-13H,6,10H2,1H3,(H,27,28). The van der Waals surface area contributed by atoms with Crippen LogP contribution in [0.4, 0.5) is 0 Å². The Kier molecular flexibility index (Phi) is 4.84. The molecule has 0 aliphatic heterocycles. The number of rotatable bonds is 5. The van der Waals surface area contributed by atoms with Gasteiger partial charge in [-0.1, -0.05) is 41.9 Å². The van der Waals surface area contributed by atoms with E-state index in [0.29, 0.717) is 11.4 Å². The second-order valence-corrected chi connectivity index (χ2v) is 7.03. The van der Waals surface area contributed by atoms with Crippen molar-refractivity contribution in [2.45, 2.75) is 19.8 Å². The Hall–Kier alpha value is -3.18. The number of aromatic nitrogens is 3. The minimum absolute atomic E-state index is 0.0875. The number of aliphatic carboxylic acids is 1. The van der Waals surface area contributed by atoms with E-state index in [1.165, 1.54) is 0 Å². The SMILES string of the molecule is Cc1nn(-c2ccccn2)c2cc(-c3ccc(CCC(=O)O)cc3Cl)ccc12. The molecule has 4 rings (SSSR count). The largest absolute Gasteiger partial charge is 0.481 e. The zero-order valence-electron chi connectivity index (χ0n) is 15.3. The van der Waals surface area contributed by atoms with Crippen molar-refractivity contribution in [1.82, 2.24) is 14.8 Å². The molecule has 0 amide bonds. The van der Waals surface area contributed by atoms with E-state index in [4.69, 9.17) is 16.7 Å². The number of hydrogen-bond donors (Lipinski definition) is 1. The number of hydrogen-bond acceptors (Lipinski definition) is 3. The lowest BCUT2D eigenvalue weighted by Gasteiger charge is -2.09. The highest BCUT2D eigenvalue weighted by molar-refractivity contribution is 6.33. The minimum atomic E-state index is -0.816. The van der Waals surface area contributed by atoms with E-state index in [-0.39, 0.29) is 6.42 Å². The molecule has 0 spiro atoms. The van der Waals surface area contributed by atoms with Crippen molar-refractivity contribution in [3.8, 4) is 16.9 Å². The number of aryl methyl sites for hydroxylation is 2. The van der Waals surface area contributed by atoms with Gasteiger partial charge in [-0.25, -0.2) is 9.67 Å². The lowest BCUT2D eigenvalue weighted by atomic mass is 10.0. The molecule has 2 heterocycles. The molecular formula is C22H18ClN3O2. The third-order valence-corrected chi connectivity index (χ3v) is 5.02. The van der Waals surface area contributed by atoms with Gasteiger partial charge in [0.1, 0.15) is 0 Å². The van der Waals surface area contributed by atoms with Gasteiger partial charge in [-0.05, 0) is 48.7 Å². The summed E-state index contributed by atoms with van der Waals surface area (Å²) in [7, 11) is 0. The molecule has 5 nitrogen and oxygen atoms in total. The predicted molar refractivity (Wildman–Crippen MR) is 110 cm³/mol. The molecule has 0 aliphatic rings. The molecule has 28 heavy (non-hydrogen) atoms. The molecule has 0 radical (unpaired) electrons. The highest BCUT2D eigenvalue weighted by Crippen LogP contribution is 2.32. The van der Waals surface area contributed by atoms with Crippen LogP contribution >= 0.6 is 11.6 Å². The van der Waals surface area contributed by atoms with Crippen molar-refractivity contribution in [1.29, 1.82) is 0 Å². The number of fused-ring (bicyclic) bond motifs is 1. The van der Waals surface area contributed by atoms with Gasteiger partial charge in [0.25, 0.3) is 0 Å². The van der Waals surface area contributed by atoms with Crippen molar-refractivity contribution < 1.29 is 9.90 Å². The first kappa shape index (κ1) is 18.2. The van der Waals surface area contributed by atoms with Crippen molar-refractivity contribution in [2.24, 2.45) is 0 Å². The lowest BCUT2D eigenvalue weighted by Crippen LogP contribution is -1.99. The average Bonchev–Trinajstić information content (AvgIpc) is 3.03. The van der Waals surface area contributed by atoms with Crippen LogP contribution in [-0.4, -0.2) is 25.8 Å². The number of carboxylic acids is 1. The van der Waals surface area contributed by atoms with Gasteiger partial charge in [0, 0.05) is 28.6 Å². The fraction of sp³-hybridized carbons (Fsp3) is 0.136. The molecule has 0 aliphatic carbocycles. The van der Waals surface area contributed by atoms with Crippen LogP contribution in [0.2, 0.25) is 5.02 Å². The van der Waals surface area contributed by atoms with Crippen molar-refractivity contribution in [2.75, 3.05) is 0 Å². The van der Waals surface area contributed by atoms with Gasteiger partial charge in [-0.15, -0.1) is 0 Å². The first-order chi connectivity index (χ1) is 13.5. The molecule has 4 aromatic rings. The van der Waals surface area contributed by atoms with Gasteiger partial charge in [-0.3, -0.25) is 4.79 Å². The van der Waals surface area contributed by atoms with Crippen LogP contribution < -0.4 is 0 Å². The Labute approximate surface area is 167 Å². The van der Waals surface area contributed by atoms with Crippen molar-refractivity contribution >= 4 is 28.5 Å². The smallest absolute Gasteiger partial charge is 0.303 e. The highest BCUT2D eigenvalue weighted by atomic mass is 35.5. The van der Waals surface area contributed by atoms with Crippen LogP contribution in [0.1, 0.15) is 17.7 Å². The Morgan fingerprint density at radius 1 is 1.14 bits per heavy atom. The van der Waals surface area contributed by atoms with Crippen LogP contribution in [0.3, 0.4) is 0 Å². The van der Waals surface area contributed by atoms with E-state index >= 15 is 0 Å². The maximum absolute atomic E-state index is 10.8. The maximum atomic E-state index is 10.8. The number of carbonyl (C=O) groups is 1. The van der Waals surface area contributed by atoms with Gasteiger partial charge in [0.05, 0.1) is 11.2 Å². The predicted octanol–water partition coefficient (Wildman–Crippen LogP) is 5.07. The normalized spacial score (nSPS) is 11.1. The first-order valence-electron chi connectivity index (χ1n) is 8.94. The Balaban J connectivity index is 1.77. The van der Waals surface area contributed by atoms with Crippen LogP contribution in [0.15, 0.2) is 60.8 Å². The number of carboxylic acid groups (broad SMARTS) is 1. The quantitative estimate of drug-likeness (QED) is 0.516. The Bertz CT molecular complexity index is 1170. The van der Waals surface area contributed by atoms with Crippen molar-refractivity contribution in [3.05, 3.63) is 77.1 Å². The van der Waals surface area contributed by atoms with E-state index in [2.05, 4.69) is 16.1 Å². The summed E-state index contributed by atoms with van der Waals surface area (Å²) in [5, 5.41) is 15.1. The third-order valence-electron chi connectivity index (χ3n) is 4.70. The molecule has 0 atom stereocenters. The van der Waals surface area contributed by atoms with Gasteiger partial charge in [-0.2, -0.15) is 5.10 Å². The summed E-state index contributed by atoms with van der Waals surface area (Å²) in [6.07, 6.45) is 2.29. The van der Waals surface area contributed by atoms with E-state index < -0.39 is 5.97 Å². The molecule has 0 saturated heterocycles. The zero-order valence-corrected chi connectivity index (χ0v) is 16.0. The summed E-state index contributed by atoms with van der Waals surface area (Å²) in [6.45, 7) is 1.98. The molecule has 0 bridgehead atoms. The van der Waals surface area contributed by atoms with Gasteiger partial charge < -0.3 is 5.11 Å².